The molecule has 0 aromatic heterocycles. The molecule has 0 amide bonds. The summed E-state index contributed by atoms with van der Waals surface area (Å²) in [4.78, 5) is 0. The average Bonchev–Trinajstić information content (AvgIpc) is 3.19. The molecule has 0 saturated carbocycles. The molecule has 64 heavy (non-hydrogen) atoms. The molecule has 4 aromatic rings. The van der Waals surface area contributed by atoms with Gasteiger partial charge in [-0.05, 0) is 137 Å². The number of hydrogen-bond acceptors (Lipinski definition) is 8. The van der Waals surface area contributed by atoms with E-state index in [1.165, 1.54) is 66.8 Å². The molecule has 352 valence electrons. The van der Waals surface area contributed by atoms with E-state index in [1.54, 1.807) is 0 Å². The van der Waals surface area contributed by atoms with Gasteiger partial charge in [0.25, 0.3) is 0 Å². The van der Waals surface area contributed by atoms with E-state index in [4.69, 9.17) is 18.9 Å². The molecule has 0 unspecified atom stereocenters. The summed E-state index contributed by atoms with van der Waals surface area (Å²) in [6, 6.07) is 19.2. The van der Waals surface area contributed by atoms with Crippen LogP contribution in [0.2, 0.25) is 0 Å². The van der Waals surface area contributed by atoms with Crippen molar-refractivity contribution in [2.45, 2.75) is 156 Å². The van der Waals surface area contributed by atoms with Crippen LogP contribution in [0.3, 0.4) is 0 Å². The Hall–Kier alpha value is -2.52. The van der Waals surface area contributed by atoms with Gasteiger partial charge in [-0.1, -0.05) is 132 Å². The van der Waals surface area contributed by atoms with Crippen LogP contribution in [0.5, 0.6) is 23.0 Å². The van der Waals surface area contributed by atoms with E-state index in [0.717, 1.165) is 71.7 Å². The third-order valence-corrected chi connectivity index (χ3v) is 13.4. The Morgan fingerprint density at radius 1 is 0.312 bits per heavy atom. The lowest BCUT2D eigenvalue weighted by atomic mass is 9.79. The molecule has 1 aliphatic carbocycles. The zero-order chi connectivity index (χ0) is 47.0. The van der Waals surface area contributed by atoms with Gasteiger partial charge >= 0.3 is 0 Å². The summed E-state index contributed by atoms with van der Waals surface area (Å²) >= 11 is 18.4. The van der Waals surface area contributed by atoms with Crippen LogP contribution in [0.25, 0.3) is 0 Å². The highest BCUT2D eigenvalue weighted by Crippen LogP contribution is 2.44. The van der Waals surface area contributed by atoms with Gasteiger partial charge in [0.15, 0.2) is 0 Å². The molecule has 8 heteroatoms. The van der Waals surface area contributed by atoms with Crippen LogP contribution < -0.4 is 18.9 Å². The lowest BCUT2D eigenvalue weighted by Crippen LogP contribution is -2.18. The predicted molar refractivity (Wildman–Crippen MR) is 288 cm³/mol. The van der Waals surface area contributed by atoms with Crippen LogP contribution in [0.15, 0.2) is 48.5 Å². The van der Waals surface area contributed by atoms with Crippen molar-refractivity contribution >= 4 is 50.5 Å². The van der Waals surface area contributed by atoms with Gasteiger partial charge < -0.3 is 18.9 Å². The molecule has 1 aliphatic rings. The standard InChI is InChI=1S/C56H80O4S4/c1-53(2,3)45-29-37-25-39-31-46(54(4,5)6)33-41(50(39)58-18-14-22-62)27-43-35-48(56(10,11)12)36-44(52(43)60-20-16-24-64)28-42-34-47(55(7,8)9)32-40(51(42)59-19-15-23-63)26-38(30-45)49(37)57-17-13-21-61/h29-36,61-64H,13-28H2,1-12H3. The Kier molecular flexibility index (Phi) is 18.5. The summed E-state index contributed by atoms with van der Waals surface area (Å²) in [6.45, 7) is 30.1. The van der Waals surface area contributed by atoms with Gasteiger partial charge in [0.05, 0.1) is 26.4 Å². The molecule has 0 spiro atoms. The van der Waals surface area contributed by atoms with Crippen molar-refractivity contribution in [3.8, 4) is 23.0 Å². The van der Waals surface area contributed by atoms with Gasteiger partial charge in [-0.3, -0.25) is 0 Å². The van der Waals surface area contributed by atoms with E-state index < -0.39 is 0 Å². The summed E-state index contributed by atoms with van der Waals surface area (Å²) in [7, 11) is 0. The quantitative estimate of drug-likeness (QED) is 0.0587. The monoisotopic (exact) mass is 944 g/mol. The van der Waals surface area contributed by atoms with E-state index in [-0.39, 0.29) is 21.7 Å². The van der Waals surface area contributed by atoms with Gasteiger partial charge in [0.2, 0.25) is 0 Å². The lowest BCUT2D eigenvalue weighted by Gasteiger charge is -2.29. The van der Waals surface area contributed by atoms with Crippen molar-refractivity contribution in [1.82, 2.24) is 0 Å². The maximum Gasteiger partial charge on any atom is 0.126 e. The smallest absolute Gasteiger partial charge is 0.126 e. The van der Waals surface area contributed by atoms with Gasteiger partial charge in [-0.2, -0.15) is 50.5 Å². The highest BCUT2D eigenvalue weighted by Gasteiger charge is 2.29. The number of fused-ring (bicyclic) bond motifs is 8. The third-order valence-electron chi connectivity index (χ3n) is 12.2. The minimum atomic E-state index is -0.112. The number of benzene rings is 4. The topological polar surface area (TPSA) is 36.9 Å². The van der Waals surface area contributed by atoms with Crippen LogP contribution in [-0.2, 0) is 47.3 Å². The summed E-state index contributed by atoms with van der Waals surface area (Å²) in [5.74, 6) is 6.82. The van der Waals surface area contributed by atoms with E-state index >= 15 is 0 Å². The molecule has 0 aliphatic heterocycles. The Labute approximate surface area is 410 Å². The Balaban J connectivity index is 2.01. The molecule has 0 fully saturated rings. The van der Waals surface area contributed by atoms with E-state index in [0.29, 0.717) is 52.1 Å². The van der Waals surface area contributed by atoms with Crippen molar-refractivity contribution in [2.75, 3.05) is 49.4 Å². The van der Waals surface area contributed by atoms with Crippen LogP contribution in [0.4, 0.5) is 0 Å². The van der Waals surface area contributed by atoms with E-state index in [2.05, 4.69) is 182 Å². The SMILES string of the molecule is CC(C)(C)c1cc2c(OCCCS)c(c1)Cc1cc(C(C)(C)C)cc(c1OCCCS)Cc1cc(C(C)(C)C)cc(c1OCCCS)Cc1cc(C(C)(C)C)cc(c1OCCCS)C2. The Morgan fingerprint density at radius 3 is 0.594 bits per heavy atom. The minimum Gasteiger partial charge on any atom is -0.493 e. The fourth-order valence-electron chi connectivity index (χ4n) is 8.32. The Morgan fingerprint density at radius 2 is 0.469 bits per heavy atom. The molecule has 0 N–H and O–H groups in total. The molecular weight excluding hydrogens is 865 g/mol. The zero-order valence-corrected chi connectivity index (χ0v) is 44.9. The van der Waals surface area contributed by atoms with Crippen molar-refractivity contribution in [1.29, 1.82) is 0 Å². The third kappa shape index (κ3) is 13.8. The fraction of sp³-hybridized carbons (Fsp3) is 0.571. The fourth-order valence-corrected chi connectivity index (χ4v) is 8.83. The largest absolute Gasteiger partial charge is 0.493 e. The van der Waals surface area contributed by atoms with Crippen LogP contribution in [0.1, 0.15) is 176 Å². The zero-order valence-electron chi connectivity index (χ0n) is 41.4. The molecule has 4 aromatic carbocycles. The predicted octanol–water partition coefficient (Wildman–Crippen LogP) is 14.3. The number of rotatable bonds is 16. The summed E-state index contributed by atoms with van der Waals surface area (Å²) < 4.78 is 28.0. The van der Waals surface area contributed by atoms with Gasteiger partial charge in [0, 0.05) is 25.7 Å². The Bertz CT molecular complexity index is 1780. The first-order chi connectivity index (χ1) is 30.1. The first kappa shape index (κ1) is 52.4. The summed E-state index contributed by atoms with van der Waals surface area (Å²) in [5, 5.41) is 0. The van der Waals surface area contributed by atoms with Gasteiger partial charge in [0.1, 0.15) is 23.0 Å². The molecule has 0 atom stereocenters. The second kappa shape index (κ2) is 22.5. The van der Waals surface area contributed by atoms with Gasteiger partial charge in [-0.25, -0.2) is 0 Å². The molecule has 0 radical (unpaired) electrons. The number of thiol groups is 4. The first-order valence-electron chi connectivity index (χ1n) is 23.7. The molecular formula is C56H80O4S4. The minimum absolute atomic E-state index is 0.112. The lowest BCUT2D eigenvalue weighted by molar-refractivity contribution is 0.305. The summed E-state index contributed by atoms with van der Waals surface area (Å²) in [5.41, 5.74) is 14.0. The van der Waals surface area contributed by atoms with Crippen molar-refractivity contribution < 1.29 is 18.9 Å². The van der Waals surface area contributed by atoms with Crippen LogP contribution >= 0.6 is 50.5 Å². The number of hydrogen-bond donors (Lipinski definition) is 4. The van der Waals surface area contributed by atoms with Crippen molar-refractivity contribution in [2.24, 2.45) is 0 Å². The van der Waals surface area contributed by atoms with E-state index in [9.17, 15) is 0 Å². The van der Waals surface area contributed by atoms with Crippen LogP contribution in [0, 0.1) is 0 Å². The van der Waals surface area contributed by atoms with Crippen molar-refractivity contribution in [3.63, 3.8) is 0 Å². The highest BCUT2D eigenvalue weighted by molar-refractivity contribution is 7.80. The van der Waals surface area contributed by atoms with E-state index in [1.807, 2.05) is 0 Å². The second-order valence-corrected chi connectivity index (χ2v) is 23.7. The highest BCUT2D eigenvalue weighted by atomic mass is 32.1. The normalized spacial score (nSPS) is 13.5. The summed E-state index contributed by atoms with van der Waals surface area (Å²) in [6.07, 6.45) is 5.99. The molecule has 0 heterocycles. The average molecular weight is 946 g/mol. The van der Waals surface area contributed by atoms with Crippen LogP contribution in [-0.4, -0.2) is 49.4 Å². The van der Waals surface area contributed by atoms with Gasteiger partial charge in [-0.15, -0.1) is 0 Å². The van der Waals surface area contributed by atoms with Crippen molar-refractivity contribution in [3.05, 3.63) is 115 Å². The maximum absolute atomic E-state index is 7.01. The molecule has 8 bridgehead atoms. The molecule has 4 nitrogen and oxygen atoms in total. The maximum atomic E-state index is 7.01. The number of ether oxygens (including phenoxy) is 4. The first-order valence-corrected chi connectivity index (χ1v) is 26.2. The second-order valence-electron chi connectivity index (χ2n) is 21.9. The molecule has 0 saturated heterocycles. The molecule has 5 rings (SSSR count).